The molecule has 6 heteroatoms. The predicted octanol–water partition coefficient (Wildman–Crippen LogP) is 3.49. The summed E-state index contributed by atoms with van der Waals surface area (Å²) in [6, 6.07) is 0. The summed E-state index contributed by atoms with van der Waals surface area (Å²) < 4.78 is 0. The van der Waals surface area contributed by atoms with Gasteiger partial charge in [-0.05, 0) is 67.1 Å². The summed E-state index contributed by atoms with van der Waals surface area (Å²) >= 11 is 0. The average Bonchev–Trinajstić information content (AvgIpc) is 3.13. The number of nitrogens with one attached hydrogen (secondary N) is 1. The van der Waals surface area contributed by atoms with Crippen molar-refractivity contribution in [3.05, 3.63) is 0 Å². The second-order valence-electron chi connectivity index (χ2n) is 11.9. The summed E-state index contributed by atoms with van der Waals surface area (Å²) in [5.74, 6) is 1.52. The number of aliphatic hydroxyl groups excluding tert-OH is 1. The first-order chi connectivity index (χ1) is 15.6. The number of amides is 1. The Kier molecular flexibility index (Phi) is 6.88. The molecule has 2 N–H and O–H groups in total. The number of carbonyl (C=O) groups excluding carboxylic acids is 4. The third kappa shape index (κ3) is 4.11. The lowest BCUT2D eigenvalue weighted by Crippen LogP contribution is -2.60. The van der Waals surface area contributed by atoms with E-state index in [1.54, 1.807) is 0 Å². The molecule has 184 valence electrons. The minimum atomic E-state index is -0.489. The molecule has 0 saturated heterocycles. The lowest BCUT2D eigenvalue weighted by atomic mass is 9.44. The van der Waals surface area contributed by atoms with Gasteiger partial charge in [0.05, 0.1) is 0 Å². The van der Waals surface area contributed by atoms with E-state index in [9.17, 15) is 19.2 Å². The van der Waals surface area contributed by atoms with Crippen molar-refractivity contribution >= 4 is 23.3 Å². The SMILES string of the molecule is C[C@H](CCC(=O)NCCCO)[C@H]1CC[C@H]2[C@@H]3C(=O)C[C@@H]4CC(=O)CC[C@]4(C)[C@H]3CC(=O)[C@]12C. The molecule has 0 bridgehead atoms. The van der Waals surface area contributed by atoms with Crippen molar-refractivity contribution in [2.75, 3.05) is 13.2 Å². The van der Waals surface area contributed by atoms with Crippen LogP contribution in [0.5, 0.6) is 0 Å². The fourth-order valence-corrected chi connectivity index (χ4v) is 8.35. The third-order valence-electron chi connectivity index (χ3n) is 10.4. The Labute approximate surface area is 197 Å². The number of ketones is 3. The van der Waals surface area contributed by atoms with Gasteiger partial charge in [0.15, 0.2) is 0 Å². The molecular weight excluding hydrogens is 418 g/mol. The van der Waals surface area contributed by atoms with Crippen LogP contribution in [0, 0.1) is 46.3 Å². The lowest BCUT2D eigenvalue weighted by molar-refractivity contribution is -0.166. The van der Waals surface area contributed by atoms with E-state index >= 15 is 0 Å². The highest BCUT2D eigenvalue weighted by atomic mass is 16.3. The van der Waals surface area contributed by atoms with Gasteiger partial charge < -0.3 is 10.4 Å². The van der Waals surface area contributed by atoms with Crippen LogP contribution in [0.15, 0.2) is 0 Å². The molecule has 0 aliphatic heterocycles. The molecule has 0 aromatic heterocycles. The van der Waals surface area contributed by atoms with Crippen LogP contribution in [0.25, 0.3) is 0 Å². The summed E-state index contributed by atoms with van der Waals surface area (Å²) in [6.45, 7) is 7.07. The second-order valence-corrected chi connectivity index (χ2v) is 11.9. The molecule has 6 nitrogen and oxygen atoms in total. The van der Waals surface area contributed by atoms with Crippen molar-refractivity contribution in [3.63, 3.8) is 0 Å². The molecule has 33 heavy (non-hydrogen) atoms. The Hall–Kier alpha value is -1.56. The number of carbonyl (C=O) groups is 4. The van der Waals surface area contributed by atoms with Gasteiger partial charge in [0.1, 0.15) is 17.3 Å². The zero-order chi connectivity index (χ0) is 24.0. The maximum Gasteiger partial charge on any atom is 0.220 e. The minimum absolute atomic E-state index is 0.00157. The fourth-order valence-electron chi connectivity index (χ4n) is 8.35. The van der Waals surface area contributed by atoms with Crippen LogP contribution in [0.4, 0.5) is 0 Å². The van der Waals surface area contributed by atoms with Crippen molar-refractivity contribution < 1.29 is 24.3 Å². The van der Waals surface area contributed by atoms with Crippen molar-refractivity contribution in [1.29, 1.82) is 0 Å². The van der Waals surface area contributed by atoms with E-state index in [-0.39, 0.29) is 65.0 Å². The van der Waals surface area contributed by atoms with Gasteiger partial charge in [0, 0.05) is 56.6 Å². The summed E-state index contributed by atoms with van der Waals surface area (Å²) in [4.78, 5) is 51.5. The number of hydrogen-bond acceptors (Lipinski definition) is 5. The monoisotopic (exact) mass is 459 g/mol. The predicted molar refractivity (Wildman–Crippen MR) is 124 cm³/mol. The number of rotatable bonds is 7. The first kappa shape index (κ1) is 24.6. The quantitative estimate of drug-likeness (QED) is 0.568. The average molecular weight is 460 g/mol. The molecule has 0 heterocycles. The third-order valence-corrected chi connectivity index (χ3v) is 10.4. The molecule has 0 aromatic rings. The van der Waals surface area contributed by atoms with Crippen LogP contribution in [0.1, 0.15) is 85.0 Å². The van der Waals surface area contributed by atoms with Crippen LogP contribution in [0.2, 0.25) is 0 Å². The van der Waals surface area contributed by atoms with Crippen molar-refractivity contribution in [2.45, 2.75) is 85.0 Å². The number of aliphatic hydroxyl groups is 1. The molecule has 1 amide bonds. The van der Waals surface area contributed by atoms with Crippen LogP contribution in [-0.4, -0.2) is 41.5 Å². The standard InChI is InChI=1S/C27H41NO5/c1-16(5-8-24(33)28-11-4-12-29)19-6-7-20-25-21(15-23(32)27(19,20)3)26(2)10-9-18(30)13-17(26)14-22(25)31/h16-17,19-21,25,29H,4-15H2,1-3H3,(H,28,33)/t16-,17+,19-,20+,21+,25+,26+,27-/m1/s1. The van der Waals surface area contributed by atoms with Crippen LogP contribution < -0.4 is 5.32 Å². The van der Waals surface area contributed by atoms with Gasteiger partial charge >= 0.3 is 0 Å². The zero-order valence-electron chi connectivity index (χ0n) is 20.5. The molecule has 0 aromatic carbocycles. The fraction of sp³-hybridized carbons (Fsp3) is 0.852. The van der Waals surface area contributed by atoms with E-state index < -0.39 is 5.41 Å². The van der Waals surface area contributed by atoms with Gasteiger partial charge in [-0.3, -0.25) is 19.2 Å². The molecule has 8 atom stereocenters. The Morgan fingerprint density at radius 2 is 1.88 bits per heavy atom. The molecular formula is C27H41NO5. The number of Topliss-reactive ketones (excluding diaryl/α,β-unsaturated/α-hetero) is 3. The molecule has 4 saturated carbocycles. The smallest absolute Gasteiger partial charge is 0.220 e. The van der Waals surface area contributed by atoms with E-state index in [2.05, 4.69) is 26.1 Å². The van der Waals surface area contributed by atoms with Gasteiger partial charge in [0.2, 0.25) is 5.91 Å². The van der Waals surface area contributed by atoms with E-state index in [1.165, 1.54) is 0 Å². The maximum atomic E-state index is 13.8. The van der Waals surface area contributed by atoms with Crippen LogP contribution in [-0.2, 0) is 19.2 Å². The van der Waals surface area contributed by atoms with Gasteiger partial charge in [-0.15, -0.1) is 0 Å². The number of hydrogen-bond donors (Lipinski definition) is 2. The lowest BCUT2D eigenvalue weighted by Gasteiger charge is -2.58. The van der Waals surface area contributed by atoms with E-state index in [4.69, 9.17) is 5.11 Å². The highest BCUT2D eigenvalue weighted by molar-refractivity contribution is 5.93. The normalized spacial score (nSPS) is 41.2. The van der Waals surface area contributed by atoms with Gasteiger partial charge in [-0.2, -0.15) is 0 Å². The largest absolute Gasteiger partial charge is 0.396 e. The molecule has 0 radical (unpaired) electrons. The highest BCUT2D eigenvalue weighted by Gasteiger charge is 2.66. The second kappa shape index (κ2) is 9.24. The molecule has 4 fully saturated rings. The van der Waals surface area contributed by atoms with Gasteiger partial charge in [-0.1, -0.05) is 20.8 Å². The Morgan fingerprint density at radius 3 is 2.61 bits per heavy atom. The Balaban J connectivity index is 1.49. The van der Waals surface area contributed by atoms with E-state index in [1.807, 2.05) is 0 Å². The minimum Gasteiger partial charge on any atom is -0.396 e. The van der Waals surface area contributed by atoms with Crippen LogP contribution in [0.3, 0.4) is 0 Å². The van der Waals surface area contributed by atoms with Gasteiger partial charge in [0.25, 0.3) is 0 Å². The highest BCUT2D eigenvalue weighted by Crippen LogP contribution is 2.66. The first-order valence-corrected chi connectivity index (χ1v) is 13.1. The Bertz CT molecular complexity index is 823. The van der Waals surface area contributed by atoms with Gasteiger partial charge in [-0.25, -0.2) is 0 Å². The topological polar surface area (TPSA) is 101 Å². The molecule has 0 spiro atoms. The summed E-state index contributed by atoms with van der Waals surface area (Å²) in [5, 5.41) is 11.7. The van der Waals surface area contributed by atoms with Crippen molar-refractivity contribution in [1.82, 2.24) is 5.32 Å². The van der Waals surface area contributed by atoms with E-state index in [0.717, 1.165) is 25.7 Å². The molecule has 4 rings (SSSR count). The first-order valence-electron chi connectivity index (χ1n) is 13.1. The Morgan fingerprint density at radius 1 is 1.12 bits per heavy atom. The molecule has 4 aliphatic rings. The van der Waals surface area contributed by atoms with Crippen molar-refractivity contribution in [2.24, 2.45) is 46.3 Å². The van der Waals surface area contributed by atoms with Crippen LogP contribution >= 0.6 is 0 Å². The summed E-state index contributed by atoms with van der Waals surface area (Å²) in [6.07, 6.45) is 6.43. The number of fused-ring (bicyclic) bond motifs is 5. The van der Waals surface area contributed by atoms with E-state index in [0.29, 0.717) is 50.9 Å². The summed E-state index contributed by atoms with van der Waals surface area (Å²) in [7, 11) is 0. The zero-order valence-corrected chi connectivity index (χ0v) is 20.5. The maximum absolute atomic E-state index is 13.8. The van der Waals surface area contributed by atoms with Crippen molar-refractivity contribution in [3.8, 4) is 0 Å². The summed E-state index contributed by atoms with van der Waals surface area (Å²) in [5.41, 5.74) is -0.572. The molecule has 4 aliphatic carbocycles. The molecule has 0 unspecified atom stereocenters.